The van der Waals surface area contributed by atoms with Crippen molar-refractivity contribution in [3.8, 4) is 11.1 Å². The van der Waals surface area contributed by atoms with Gasteiger partial charge in [-0.25, -0.2) is 4.79 Å². The van der Waals surface area contributed by atoms with Crippen LogP contribution in [-0.2, 0) is 17.9 Å². The van der Waals surface area contributed by atoms with Crippen LogP contribution < -0.4 is 11.4 Å². The maximum Gasteiger partial charge on any atom is 0.329 e. The van der Waals surface area contributed by atoms with Gasteiger partial charge in [0, 0.05) is 5.56 Å². The number of carboxylic acid groups (broad SMARTS) is 1. The molecular formula is C23H20N4O3. The fourth-order valence-electron chi connectivity index (χ4n) is 3.61. The molecule has 0 spiro atoms. The molecule has 7 heteroatoms. The Morgan fingerprint density at radius 2 is 1.53 bits per heavy atom. The zero-order valence-electron chi connectivity index (χ0n) is 16.1. The Kier molecular flexibility index (Phi) is 4.93. The number of benzene rings is 3. The van der Waals surface area contributed by atoms with Gasteiger partial charge in [-0.2, -0.15) is 0 Å². The molecule has 1 heterocycles. The number of rotatable bonds is 6. The third-order valence-electron chi connectivity index (χ3n) is 4.99. The van der Waals surface area contributed by atoms with Crippen LogP contribution in [0.3, 0.4) is 0 Å². The number of para-hydroxylation sites is 2. The highest BCUT2D eigenvalue weighted by atomic mass is 16.4. The van der Waals surface area contributed by atoms with E-state index in [1.165, 1.54) is 4.57 Å². The molecule has 4 aromatic rings. The largest absolute Gasteiger partial charge is 0.480 e. The summed E-state index contributed by atoms with van der Waals surface area (Å²) in [5.74, 6) is -1.06. The van der Waals surface area contributed by atoms with Crippen LogP contribution in [0.4, 0.5) is 0 Å². The summed E-state index contributed by atoms with van der Waals surface area (Å²) in [6.07, 6.45) is 0. The molecule has 7 nitrogen and oxygen atoms in total. The lowest BCUT2D eigenvalue weighted by molar-refractivity contribution is -0.137. The van der Waals surface area contributed by atoms with Crippen molar-refractivity contribution in [2.24, 2.45) is 5.73 Å². The van der Waals surface area contributed by atoms with E-state index in [2.05, 4.69) is 0 Å². The first-order chi connectivity index (χ1) is 14.4. The van der Waals surface area contributed by atoms with Crippen LogP contribution in [-0.4, -0.2) is 26.0 Å². The van der Waals surface area contributed by atoms with Gasteiger partial charge in [-0.05, 0) is 41.0 Å². The molecule has 0 atom stereocenters. The number of nitrogen functional groups attached to an aromatic ring is 1. The Bertz CT molecular complexity index is 1330. The minimum Gasteiger partial charge on any atom is -0.480 e. The standard InChI is InChI=1S/C23H20N4O3/c24-22(25)18-8-4-7-17(12-18)16-6-3-5-15(11-16)13-26-19-9-1-2-10-20(19)27(23(26)30)14-21(28)29/h1-12H,13-14H2,(H3,24,25)(H,28,29). The van der Waals surface area contributed by atoms with Crippen LogP contribution in [0.5, 0.6) is 0 Å². The Morgan fingerprint density at radius 3 is 2.20 bits per heavy atom. The van der Waals surface area contributed by atoms with E-state index in [0.717, 1.165) is 16.7 Å². The van der Waals surface area contributed by atoms with E-state index in [-0.39, 0.29) is 18.1 Å². The van der Waals surface area contributed by atoms with Gasteiger partial charge in [0.25, 0.3) is 0 Å². The van der Waals surface area contributed by atoms with Gasteiger partial charge in [-0.15, -0.1) is 0 Å². The highest BCUT2D eigenvalue weighted by molar-refractivity contribution is 5.96. The molecule has 0 aliphatic heterocycles. The van der Waals surface area contributed by atoms with Crippen LogP contribution in [0, 0.1) is 5.41 Å². The number of carboxylic acids is 1. The first-order valence-corrected chi connectivity index (χ1v) is 9.37. The number of hydrogen-bond acceptors (Lipinski definition) is 3. The number of hydrogen-bond donors (Lipinski definition) is 3. The molecule has 0 aliphatic rings. The van der Waals surface area contributed by atoms with Gasteiger partial charge in [0.15, 0.2) is 0 Å². The predicted molar refractivity (Wildman–Crippen MR) is 116 cm³/mol. The zero-order valence-corrected chi connectivity index (χ0v) is 16.1. The van der Waals surface area contributed by atoms with Crippen molar-refractivity contribution in [1.82, 2.24) is 9.13 Å². The molecule has 0 saturated carbocycles. The smallest absolute Gasteiger partial charge is 0.329 e. The molecule has 4 N–H and O–H groups in total. The Morgan fingerprint density at radius 1 is 0.900 bits per heavy atom. The molecule has 0 amide bonds. The first-order valence-electron chi connectivity index (χ1n) is 9.37. The number of nitrogens with two attached hydrogens (primary N) is 1. The minimum atomic E-state index is -1.06. The van der Waals surface area contributed by atoms with E-state index in [0.29, 0.717) is 23.1 Å². The van der Waals surface area contributed by atoms with Crippen LogP contribution >= 0.6 is 0 Å². The first kappa shape index (κ1) is 19.2. The molecule has 3 aromatic carbocycles. The summed E-state index contributed by atoms with van der Waals surface area (Å²) in [5.41, 5.74) is 9.93. The topological polar surface area (TPSA) is 114 Å². The summed E-state index contributed by atoms with van der Waals surface area (Å²) >= 11 is 0. The maximum absolute atomic E-state index is 12.9. The van der Waals surface area contributed by atoms with Crippen molar-refractivity contribution in [2.45, 2.75) is 13.1 Å². The molecule has 4 rings (SSSR count). The minimum absolute atomic E-state index is 0.00537. The van der Waals surface area contributed by atoms with Gasteiger partial charge >= 0.3 is 11.7 Å². The molecule has 0 fully saturated rings. The van der Waals surface area contributed by atoms with Crippen molar-refractivity contribution in [3.05, 3.63) is 94.4 Å². The van der Waals surface area contributed by atoms with Crippen molar-refractivity contribution < 1.29 is 9.90 Å². The van der Waals surface area contributed by atoms with Gasteiger partial charge in [0.2, 0.25) is 0 Å². The van der Waals surface area contributed by atoms with Crippen molar-refractivity contribution >= 4 is 22.8 Å². The number of nitrogens with zero attached hydrogens (tertiary/aromatic N) is 2. The van der Waals surface area contributed by atoms with E-state index in [1.54, 1.807) is 22.8 Å². The predicted octanol–water partition coefficient (Wildman–Crippen LogP) is 2.89. The van der Waals surface area contributed by atoms with E-state index in [1.807, 2.05) is 54.6 Å². The van der Waals surface area contributed by atoms with E-state index in [4.69, 9.17) is 11.1 Å². The summed E-state index contributed by atoms with van der Waals surface area (Å²) in [6, 6.07) is 22.4. The molecule has 0 bridgehead atoms. The molecule has 0 aliphatic carbocycles. The molecule has 30 heavy (non-hydrogen) atoms. The highest BCUT2D eigenvalue weighted by Crippen LogP contribution is 2.23. The number of amidine groups is 1. The third kappa shape index (κ3) is 3.60. The summed E-state index contributed by atoms with van der Waals surface area (Å²) in [5, 5.41) is 16.8. The van der Waals surface area contributed by atoms with E-state index in [9.17, 15) is 14.7 Å². The monoisotopic (exact) mass is 400 g/mol. The number of fused-ring (bicyclic) bond motifs is 1. The average Bonchev–Trinajstić information content (AvgIpc) is 3.00. The van der Waals surface area contributed by atoms with Gasteiger partial charge in [0.1, 0.15) is 12.4 Å². The van der Waals surface area contributed by atoms with Crippen LogP contribution in [0.15, 0.2) is 77.6 Å². The number of imidazole rings is 1. The van der Waals surface area contributed by atoms with Crippen LogP contribution in [0.2, 0.25) is 0 Å². The number of aliphatic carboxylic acids is 1. The van der Waals surface area contributed by atoms with Crippen molar-refractivity contribution in [3.63, 3.8) is 0 Å². The Labute approximate surface area is 172 Å². The second-order valence-corrected chi connectivity index (χ2v) is 7.03. The molecule has 0 saturated heterocycles. The molecule has 0 radical (unpaired) electrons. The zero-order chi connectivity index (χ0) is 21.3. The summed E-state index contributed by atoms with van der Waals surface area (Å²) < 4.78 is 2.86. The van der Waals surface area contributed by atoms with Crippen LogP contribution in [0.1, 0.15) is 11.1 Å². The third-order valence-corrected chi connectivity index (χ3v) is 4.99. The second kappa shape index (κ2) is 7.71. The van der Waals surface area contributed by atoms with Gasteiger partial charge in [-0.3, -0.25) is 19.3 Å². The molecular weight excluding hydrogens is 380 g/mol. The molecule has 1 aromatic heterocycles. The van der Waals surface area contributed by atoms with E-state index >= 15 is 0 Å². The SMILES string of the molecule is N=C(N)c1cccc(-c2cccc(Cn3c(=O)n(CC(=O)O)c4ccccc43)c2)c1. The Balaban J connectivity index is 1.75. The summed E-state index contributed by atoms with van der Waals surface area (Å²) in [7, 11) is 0. The van der Waals surface area contributed by atoms with Crippen molar-refractivity contribution in [1.29, 1.82) is 5.41 Å². The van der Waals surface area contributed by atoms with Crippen molar-refractivity contribution in [2.75, 3.05) is 0 Å². The van der Waals surface area contributed by atoms with Gasteiger partial charge < -0.3 is 10.8 Å². The lowest BCUT2D eigenvalue weighted by atomic mass is 10.0. The second-order valence-electron chi connectivity index (χ2n) is 7.03. The molecule has 0 unspecified atom stereocenters. The van der Waals surface area contributed by atoms with Gasteiger partial charge in [0.05, 0.1) is 17.6 Å². The summed E-state index contributed by atoms with van der Waals surface area (Å²) in [4.78, 5) is 24.1. The number of carbonyl (C=O) groups is 1. The Hall–Kier alpha value is -4.13. The lowest BCUT2D eigenvalue weighted by Crippen LogP contribution is -2.27. The highest BCUT2D eigenvalue weighted by Gasteiger charge is 2.15. The van der Waals surface area contributed by atoms with Crippen LogP contribution in [0.25, 0.3) is 22.2 Å². The van der Waals surface area contributed by atoms with E-state index < -0.39 is 5.97 Å². The lowest BCUT2D eigenvalue weighted by Gasteiger charge is -2.08. The fourth-order valence-corrected chi connectivity index (χ4v) is 3.61. The van der Waals surface area contributed by atoms with Gasteiger partial charge in [-0.1, -0.05) is 48.5 Å². The quantitative estimate of drug-likeness (QED) is 0.341. The number of nitrogens with one attached hydrogen (secondary N) is 1. The summed E-state index contributed by atoms with van der Waals surface area (Å²) in [6.45, 7) is -0.0730. The normalized spacial score (nSPS) is 10.9. The molecule has 150 valence electrons. The number of aromatic nitrogens is 2. The fraction of sp³-hybridized carbons (Fsp3) is 0.0870. The maximum atomic E-state index is 12.9. The average molecular weight is 400 g/mol.